The van der Waals surface area contributed by atoms with Gasteiger partial charge in [0.05, 0.1) is 34.7 Å². The SMILES string of the molecule is CC(C)c1ccc(C(=O)NC(c2cccc(C(F)(F)F)c2)C(O)C(=O)N(N)c2ccc3nc[nH]c3c2)cc1. The molecule has 0 bridgehead atoms. The maximum atomic E-state index is 13.4. The highest BCUT2D eigenvalue weighted by molar-refractivity contribution is 5.99. The van der Waals surface area contributed by atoms with E-state index in [0.717, 1.165) is 23.8 Å². The number of aliphatic hydroxyl groups is 1. The van der Waals surface area contributed by atoms with Crippen LogP contribution in [0.25, 0.3) is 11.0 Å². The number of alkyl halides is 3. The molecule has 0 fully saturated rings. The highest BCUT2D eigenvalue weighted by Crippen LogP contribution is 2.32. The molecule has 4 aromatic rings. The summed E-state index contributed by atoms with van der Waals surface area (Å²) in [5, 5.41) is 14.2. The van der Waals surface area contributed by atoms with E-state index in [9.17, 15) is 27.9 Å². The lowest BCUT2D eigenvalue weighted by Crippen LogP contribution is -2.50. The fraction of sp³-hybridized carbons (Fsp3) is 0.222. The van der Waals surface area contributed by atoms with Crippen molar-refractivity contribution >= 4 is 28.5 Å². The highest BCUT2D eigenvalue weighted by atomic mass is 19.4. The van der Waals surface area contributed by atoms with E-state index in [-0.39, 0.29) is 22.7 Å². The molecule has 0 aliphatic heterocycles. The molecule has 198 valence electrons. The van der Waals surface area contributed by atoms with Gasteiger partial charge in [0.2, 0.25) is 0 Å². The monoisotopic (exact) mass is 525 g/mol. The van der Waals surface area contributed by atoms with E-state index in [2.05, 4.69) is 15.3 Å². The molecular weight excluding hydrogens is 499 g/mol. The second kappa shape index (κ2) is 10.6. The second-order valence-electron chi connectivity index (χ2n) is 9.11. The molecule has 0 saturated carbocycles. The van der Waals surface area contributed by atoms with Gasteiger partial charge in [-0.05, 0) is 59.5 Å². The fourth-order valence-corrected chi connectivity index (χ4v) is 3.98. The first-order valence-corrected chi connectivity index (χ1v) is 11.7. The number of amides is 2. The van der Waals surface area contributed by atoms with E-state index >= 15 is 0 Å². The molecule has 2 unspecified atom stereocenters. The number of hydrogen-bond donors (Lipinski definition) is 4. The van der Waals surface area contributed by atoms with E-state index in [1.54, 1.807) is 30.3 Å². The molecule has 2 atom stereocenters. The van der Waals surface area contributed by atoms with Gasteiger partial charge in [-0.15, -0.1) is 0 Å². The van der Waals surface area contributed by atoms with Crippen LogP contribution in [0, 0.1) is 0 Å². The summed E-state index contributed by atoms with van der Waals surface area (Å²) >= 11 is 0. The van der Waals surface area contributed by atoms with E-state index in [1.807, 2.05) is 13.8 Å². The molecule has 5 N–H and O–H groups in total. The Labute approximate surface area is 216 Å². The van der Waals surface area contributed by atoms with Crippen molar-refractivity contribution in [2.24, 2.45) is 5.84 Å². The lowest BCUT2D eigenvalue weighted by Gasteiger charge is -2.28. The summed E-state index contributed by atoms with van der Waals surface area (Å²) in [7, 11) is 0. The number of carbonyl (C=O) groups is 2. The van der Waals surface area contributed by atoms with E-state index in [1.165, 1.54) is 24.5 Å². The number of imidazole rings is 1. The molecule has 11 heteroatoms. The predicted octanol–water partition coefficient (Wildman–Crippen LogP) is 4.44. The van der Waals surface area contributed by atoms with Crippen molar-refractivity contribution in [3.63, 3.8) is 0 Å². The number of nitrogens with one attached hydrogen (secondary N) is 2. The van der Waals surface area contributed by atoms with Gasteiger partial charge in [-0.2, -0.15) is 13.2 Å². The lowest BCUT2D eigenvalue weighted by atomic mass is 9.97. The first kappa shape index (κ1) is 26.8. The van der Waals surface area contributed by atoms with Gasteiger partial charge in [0, 0.05) is 5.56 Å². The third kappa shape index (κ3) is 5.68. The number of nitrogens with two attached hydrogens (primary N) is 1. The van der Waals surface area contributed by atoms with Gasteiger partial charge in [-0.3, -0.25) is 9.59 Å². The quantitative estimate of drug-likeness (QED) is 0.161. The molecule has 2 amide bonds. The minimum atomic E-state index is -4.68. The van der Waals surface area contributed by atoms with Crippen molar-refractivity contribution in [2.45, 2.75) is 38.1 Å². The van der Waals surface area contributed by atoms with Crippen molar-refractivity contribution in [3.8, 4) is 0 Å². The van der Waals surface area contributed by atoms with Crippen LogP contribution in [0.5, 0.6) is 0 Å². The van der Waals surface area contributed by atoms with E-state index in [4.69, 9.17) is 5.84 Å². The summed E-state index contributed by atoms with van der Waals surface area (Å²) < 4.78 is 40.3. The number of aliphatic hydroxyl groups excluding tert-OH is 1. The molecule has 0 radical (unpaired) electrons. The molecule has 1 aromatic heterocycles. The van der Waals surface area contributed by atoms with Crippen LogP contribution in [0.4, 0.5) is 18.9 Å². The number of aromatic nitrogens is 2. The van der Waals surface area contributed by atoms with Crippen LogP contribution in [0.15, 0.2) is 73.1 Å². The molecule has 0 saturated heterocycles. The third-order valence-corrected chi connectivity index (χ3v) is 6.19. The van der Waals surface area contributed by atoms with Gasteiger partial charge in [-0.25, -0.2) is 15.8 Å². The lowest BCUT2D eigenvalue weighted by molar-refractivity contribution is -0.137. The normalized spacial score (nSPS) is 13.4. The average Bonchev–Trinajstić information content (AvgIpc) is 3.38. The minimum absolute atomic E-state index is 0.120. The number of fused-ring (bicyclic) bond motifs is 1. The Balaban J connectivity index is 1.66. The number of hydrazine groups is 1. The number of benzene rings is 3. The van der Waals surface area contributed by atoms with Crippen molar-refractivity contribution in [1.82, 2.24) is 15.3 Å². The van der Waals surface area contributed by atoms with Crippen molar-refractivity contribution in [2.75, 3.05) is 5.01 Å². The molecule has 1 heterocycles. The number of anilines is 1. The summed E-state index contributed by atoms with van der Waals surface area (Å²) in [6, 6.07) is 13.8. The highest BCUT2D eigenvalue weighted by Gasteiger charge is 2.35. The van der Waals surface area contributed by atoms with Crippen LogP contribution in [0.1, 0.15) is 52.9 Å². The number of hydrogen-bond acceptors (Lipinski definition) is 5. The molecule has 0 spiro atoms. The number of rotatable bonds is 7. The zero-order chi connectivity index (χ0) is 27.6. The van der Waals surface area contributed by atoms with Gasteiger partial charge < -0.3 is 15.4 Å². The second-order valence-corrected chi connectivity index (χ2v) is 9.11. The minimum Gasteiger partial charge on any atom is -0.381 e. The Morgan fingerprint density at radius 2 is 1.74 bits per heavy atom. The standard InChI is InChI=1S/C27H26F3N5O3/c1-15(2)16-6-8-17(9-7-16)25(37)34-23(18-4-3-5-19(12-18)27(28,29)30)24(36)26(38)35(31)20-10-11-21-22(13-20)33-14-32-21/h3-15,23-24,36H,31H2,1-2H3,(H,32,33)(H,34,37). The van der Waals surface area contributed by atoms with Crippen LogP contribution in [0.2, 0.25) is 0 Å². The average molecular weight is 526 g/mol. The molecule has 8 nitrogen and oxygen atoms in total. The van der Waals surface area contributed by atoms with Crippen LogP contribution >= 0.6 is 0 Å². The van der Waals surface area contributed by atoms with E-state index < -0.39 is 35.7 Å². The number of nitrogens with zero attached hydrogens (tertiary/aromatic N) is 2. The zero-order valence-corrected chi connectivity index (χ0v) is 20.5. The Morgan fingerprint density at radius 1 is 1.03 bits per heavy atom. The summed E-state index contributed by atoms with van der Waals surface area (Å²) in [5.41, 5.74) is 1.47. The number of aromatic amines is 1. The van der Waals surface area contributed by atoms with Gasteiger partial charge >= 0.3 is 6.18 Å². The van der Waals surface area contributed by atoms with Gasteiger partial charge in [0.1, 0.15) is 0 Å². The zero-order valence-electron chi connectivity index (χ0n) is 20.5. The van der Waals surface area contributed by atoms with Crippen LogP contribution in [-0.2, 0) is 11.0 Å². The first-order valence-electron chi connectivity index (χ1n) is 11.7. The van der Waals surface area contributed by atoms with Crippen molar-refractivity contribution in [3.05, 3.63) is 95.3 Å². The molecular formula is C27H26F3N5O3. The summed E-state index contributed by atoms with van der Waals surface area (Å²) in [4.78, 5) is 33.2. The van der Waals surface area contributed by atoms with Crippen LogP contribution < -0.4 is 16.2 Å². The maximum Gasteiger partial charge on any atom is 0.416 e. The summed E-state index contributed by atoms with van der Waals surface area (Å²) in [6.45, 7) is 3.98. The van der Waals surface area contributed by atoms with E-state index in [0.29, 0.717) is 16.0 Å². The molecule has 0 aliphatic rings. The Hall–Kier alpha value is -4.22. The van der Waals surface area contributed by atoms with Gasteiger partial charge in [0.15, 0.2) is 6.10 Å². The smallest absolute Gasteiger partial charge is 0.381 e. The van der Waals surface area contributed by atoms with Crippen molar-refractivity contribution in [1.29, 1.82) is 0 Å². The van der Waals surface area contributed by atoms with Gasteiger partial charge in [0.25, 0.3) is 11.8 Å². The summed E-state index contributed by atoms with van der Waals surface area (Å²) in [6.07, 6.45) is -5.23. The number of carbonyl (C=O) groups excluding carboxylic acids is 2. The number of halogens is 3. The van der Waals surface area contributed by atoms with Gasteiger partial charge in [-0.1, -0.05) is 38.1 Å². The largest absolute Gasteiger partial charge is 0.416 e. The maximum absolute atomic E-state index is 13.4. The number of H-pyrrole nitrogens is 1. The molecule has 0 aliphatic carbocycles. The predicted molar refractivity (Wildman–Crippen MR) is 136 cm³/mol. The Kier molecular flexibility index (Phi) is 7.51. The molecule has 3 aromatic carbocycles. The Bertz CT molecular complexity index is 1450. The van der Waals surface area contributed by atoms with Crippen LogP contribution in [0.3, 0.4) is 0 Å². The van der Waals surface area contributed by atoms with Crippen LogP contribution in [-0.4, -0.2) is 33.0 Å². The Morgan fingerprint density at radius 3 is 2.39 bits per heavy atom. The fourth-order valence-electron chi connectivity index (χ4n) is 3.98. The summed E-state index contributed by atoms with van der Waals surface area (Å²) in [5.74, 6) is 4.50. The molecule has 4 rings (SSSR count). The topological polar surface area (TPSA) is 124 Å². The third-order valence-electron chi connectivity index (χ3n) is 6.19. The van der Waals surface area contributed by atoms with Crippen molar-refractivity contribution < 1.29 is 27.9 Å². The first-order chi connectivity index (χ1) is 18.0. The molecule has 38 heavy (non-hydrogen) atoms.